The number of methoxy groups -OCH3 is 1. The topological polar surface area (TPSA) is 102 Å². The summed E-state index contributed by atoms with van der Waals surface area (Å²) in [6, 6.07) is 70.2. The van der Waals surface area contributed by atoms with Gasteiger partial charge in [-0.25, -0.2) is 0 Å². The lowest BCUT2D eigenvalue weighted by atomic mass is 9.91. The summed E-state index contributed by atoms with van der Waals surface area (Å²) in [5.74, 6) is -1.68. The number of ether oxygens (including phenoxy) is 11. The number of hydrogen-bond acceptors (Lipinski definition) is 11. The van der Waals surface area contributed by atoms with Gasteiger partial charge in [0.05, 0.1) is 59.5 Å². The minimum Gasteiger partial charge on any atom is -0.374 e. The van der Waals surface area contributed by atoms with E-state index in [0.717, 1.165) is 38.9 Å². The second-order valence-electron chi connectivity index (χ2n) is 18.7. The zero-order valence-corrected chi connectivity index (χ0v) is 42.5. The van der Waals surface area contributed by atoms with Gasteiger partial charge < -0.3 is 52.1 Å². The van der Waals surface area contributed by atoms with Gasteiger partial charge in [0.2, 0.25) is 5.79 Å². The molecule has 0 saturated carbocycles. The van der Waals surface area contributed by atoms with E-state index >= 15 is 0 Å². The van der Waals surface area contributed by atoms with Crippen molar-refractivity contribution in [1.29, 1.82) is 0 Å². The predicted octanol–water partition coefficient (Wildman–Crippen LogP) is 11.4. The first kappa shape index (κ1) is 53.7. The summed E-state index contributed by atoms with van der Waals surface area (Å²) in [5, 5.41) is 0. The van der Waals surface area contributed by atoms with Crippen LogP contribution in [0.2, 0.25) is 0 Å². The van der Waals surface area contributed by atoms with Crippen molar-refractivity contribution >= 4 is 0 Å². The largest absolute Gasteiger partial charge is 0.374 e. The van der Waals surface area contributed by atoms with Crippen LogP contribution in [0.3, 0.4) is 0 Å². The average Bonchev–Trinajstić information content (AvgIpc) is 3.47. The molecule has 0 aliphatic carbocycles. The number of benzene rings is 7. The summed E-state index contributed by atoms with van der Waals surface area (Å²) in [5.41, 5.74) is 6.87. The molecule has 11 nitrogen and oxygen atoms in total. The van der Waals surface area contributed by atoms with E-state index in [1.807, 2.05) is 212 Å². The Hall–Kier alpha value is -6.16. The molecule has 7 aromatic carbocycles. The molecule has 2 aliphatic heterocycles. The van der Waals surface area contributed by atoms with Crippen molar-refractivity contribution in [2.75, 3.05) is 20.3 Å². The van der Waals surface area contributed by atoms with Gasteiger partial charge in [-0.05, 0) is 45.0 Å². The molecular formula is C64H68O11. The third-order valence-electron chi connectivity index (χ3n) is 13.4. The van der Waals surface area contributed by atoms with Crippen molar-refractivity contribution in [2.45, 2.75) is 107 Å². The normalized spacial score (nSPS) is 24.6. The lowest BCUT2D eigenvalue weighted by Crippen LogP contribution is -2.68. The van der Waals surface area contributed by atoms with Crippen LogP contribution in [0.5, 0.6) is 0 Å². The van der Waals surface area contributed by atoms with Gasteiger partial charge in [-0.15, -0.1) is 0 Å². The van der Waals surface area contributed by atoms with Crippen LogP contribution in [0.1, 0.15) is 38.9 Å². The fourth-order valence-corrected chi connectivity index (χ4v) is 9.49. The summed E-state index contributed by atoms with van der Waals surface area (Å²) >= 11 is 0. The fraction of sp³-hybridized carbons (Fsp3) is 0.312. The van der Waals surface area contributed by atoms with Gasteiger partial charge in [-0.2, -0.15) is 0 Å². The maximum atomic E-state index is 7.32. The smallest absolute Gasteiger partial charge is 0.217 e. The Bertz CT molecular complexity index is 2670. The first-order valence-corrected chi connectivity index (χ1v) is 25.8. The van der Waals surface area contributed by atoms with E-state index < -0.39 is 60.9 Å². The first-order chi connectivity index (χ1) is 37.1. The van der Waals surface area contributed by atoms with Crippen LogP contribution in [0.15, 0.2) is 225 Å². The molecule has 0 amide bonds. The predicted molar refractivity (Wildman–Crippen MR) is 286 cm³/mol. The highest BCUT2D eigenvalue weighted by Crippen LogP contribution is 2.40. The van der Waals surface area contributed by atoms with Crippen molar-refractivity contribution in [3.05, 3.63) is 264 Å². The van der Waals surface area contributed by atoms with E-state index in [1.54, 1.807) is 13.2 Å². The van der Waals surface area contributed by atoms with Crippen LogP contribution in [0.4, 0.5) is 0 Å². The van der Waals surface area contributed by atoms with Crippen molar-refractivity contribution in [3.63, 3.8) is 0 Å². The van der Waals surface area contributed by atoms with Gasteiger partial charge in [0.1, 0.15) is 48.8 Å². The molecule has 2 saturated heterocycles. The van der Waals surface area contributed by atoms with Crippen molar-refractivity contribution in [2.24, 2.45) is 0 Å². The number of hydrogen-bond donors (Lipinski definition) is 0. The highest BCUT2D eigenvalue weighted by Gasteiger charge is 2.58. The van der Waals surface area contributed by atoms with E-state index in [1.165, 1.54) is 0 Å². The highest BCUT2D eigenvalue weighted by atomic mass is 16.8. The highest BCUT2D eigenvalue weighted by molar-refractivity contribution is 5.20. The van der Waals surface area contributed by atoms with Gasteiger partial charge in [-0.1, -0.05) is 219 Å². The summed E-state index contributed by atoms with van der Waals surface area (Å²) in [6.45, 7) is 6.31. The third kappa shape index (κ3) is 15.0. The molecule has 9 rings (SSSR count). The Balaban J connectivity index is 1.09. The zero-order valence-electron chi connectivity index (χ0n) is 42.5. The van der Waals surface area contributed by atoms with E-state index in [2.05, 4.69) is 6.58 Å². The molecular weight excluding hydrogens is 945 g/mol. The standard InChI is InChI=1S/C64H68O11/c1-3-64(73-47-55-57(67-40-49-27-13-5-14-28-49)59(69-42-51-31-17-7-18-32-51)61(63(65-2)74-55)71-44-53-35-21-9-22-36-53)62(72-45-54-37-23-10-24-38-54)60(70-43-52-33-19-8-20-34-52)58(68-41-50-29-15-6-16-30-50)56(75-64)46-66-39-48-25-11-4-12-26-48/h3-38,55-63H,1,39-47H2,2H3/t55?,56?,57-,58-,59+,60+,61?,62?,63+,64+/m1/s1. The average molecular weight is 1010 g/mol. The van der Waals surface area contributed by atoms with Crippen molar-refractivity contribution < 1.29 is 52.1 Å². The van der Waals surface area contributed by atoms with Crippen LogP contribution in [0.25, 0.3) is 0 Å². The Morgan fingerprint density at radius 2 is 0.720 bits per heavy atom. The molecule has 0 aromatic heterocycles. The van der Waals surface area contributed by atoms with Crippen LogP contribution >= 0.6 is 0 Å². The van der Waals surface area contributed by atoms with Crippen LogP contribution < -0.4 is 0 Å². The molecule has 0 radical (unpaired) electrons. The van der Waals surface area contributed by atoms with Crippen LogP contribution in [0, 0.1) is 0 Å². The molecule has 0 spiro atoms. The Morgan fingerprint density at radius 1 is 0.387 bits per heavy atom. The third-order valence-corrected chi connectivity index (χ3v) is 13.4. The van der Waals surface area contributed by atoms with Crippen molar-refractivity contribution in [1.82, 2.24) is 0 Å². The van der Waals surface area contributed by atoms with Gasteiger partial charge in [-0.3, -0.25) is 0 Å². The van der Waals surface area contributed by atoms with Crippen LogP contribution in [-0.2, 0) is 98.4 Å². The Kier molecular flexibility index (Phi) is 20.1. The van der Waals surface area contributed by atoms with E-state index in [9.17, 15) is 0 Å². The second-order valence-corrected chi connectivity index (χ2v) is 18.7. The quantitative estimate of drug-likeness (QED) is 0.0460. The summed E-state index contributed by atoms with van der Waals surface area (Å²) in [7, 11) is 1.61. The fourth-order valence-electron chi connectivity index (χ4n) is 9.49. The zero-order chi connectivity index (χ0) is 51.3. The molecule has 390 valence electrons. The van der Waals surface area contributed by atoms with E-state index in [4.69, 9.17) is 52.1 Å². The number of rotatable bonds is 27. The van der Waals surface area contributed by atoms with Crippen molar-refractivity contribution in [3.8, 4) is 0 Å². The van der Waals surface area contributed by atoms with E-state index in [0.29, 0.717) is 6.61 Å². The summed E-state index contributed by atoms with van der Waals surface area (Å²) in [4.78, 5) is 0. The minimum atomic E-state index is -1.68. The molecule has 2 aliphatic rings. The second kappa shape index (κ2) is 28.1. The first-order valence-electron chi connectivity index (χ1n) is 25.8. The van der Waals surface area contributed by atoms with Gasteiger partial charge in [0, 0.05) is 7.11 Å². The van der Waals surface area contributed by atoms with Gasteiger partial charge in [0.25, 0.3) is 0 Å². The summed E-state index contributed by atoms with van der Waals surface area (Å²) in [6.07, 6.45) is -5.46. The van der Waals surface area contributed by atoms with Crippen LogP contribution in [-0.4, -0.2) is 81.2 Å². The van der Waals surface area contributed by atoms with Gasteiger partial charge in [0.15, 0.2) is 6.29 Å². The molecule has 0 bridgehead atoms. The maximum absolute atomic E-state index is 7.32. The minimum absolute atomic E-state index is 0.0916. The molecule has 11 heteroatoms. The Morgan fingerprint density at radius 3 is 1.11 bits per heavy atom. The molecule has 2 fully saturated rings. The maximum Gasteiger partial charge on any atom is 0.217 e. The lowest BCUT2D eigenvalue weighted by molar-refractivity contribution is -0.377. The molecule has 4 unspecified atom stereocenters. The summed E-state index contributed by atoms with van der Waals surface area (Å²) < 4.78 is 76.1. The lowest BCUT2D eigenvalue weighted by Gasteiger charge is -2.52. The van der Waals surface area contributed by atoms with Gasteiger partial charge >= 0.3 is 0 Å². The molecule has 0 N–H and O–H groups in total. The molecule has 10 atom stereocenters. The van der Waals surface area contributed by atoms with E-state index in [-0.39, 0.29) is 52.9 Å². The molecule has 7 aromatic rings. The monoisotopic (exact) mass is 1010 g/mol. The Labute approximate surface area is 441 Å². The molecule has 2 heterocycles. The molecule has 75 heavy (non-hydrogen) atoms. The SMILES string of the molecule is C=C[C@]1(OCC2O[C@H](OC)C(OCc3ccccc3)[C@@H](OCc3ccccc3)[C@@H]2OCc2ccccc2)OC(COCc2ccccc2)[C@@H](OCc2ccccc2)[C@H](OCc2ccccc2)C1OCc1ccccc1.